The van der Waals surface area contributed by atoms with E-state index in [1.165, 1.54) is 12.1 Å². The predicted octanol–water partition coefficient (Wildman–Crippen LogP) is 0.835. The second kappa shape index (κ2) is 7.04. The third kappa shape index (κ3) is 4.61. The summed E-state index contributed by atoms with van der Waals surface area (Å²) in [5.74, 6) is 0. The van der Waals surface area contributed by atoms with E-state index in [1.807, 2.05) is 0 Å². The van der Waals surface area contributed by atoms with Crippen LogP contribution in [0.3, 0.4) is 0 Å². The monoisotopic (exact) mass is 299 g/mol. The molecule has 11 heteroatoms. The molecule has 19 heavy (non-hydrogen) atoms. The van der Waals surface area contributed by atoms with E-state index < -0.39 is 20.4 Å². The largest absolute Gasteiger partial charge is 0.762 e. The summed E-state index contributed by atoms with van der Waals surface area (Å²) in [6.45, 7) is 0.455. The Morgan fingerprint density at radius 2 is 1.74 bits per heavy atom. The maximum atomic E-state index is 12.0. The molecule has 0 bridgehead atoms. The van der Waals surface area contributed by atoms with Gasteiger partial charge in [-0.1, -0.05) is 12.1 Å². The maximum absolute atomic E-state index is 12.0. The Kier molecular flexibility index (Phi) is 5.99. The Bertz CT molecular complexity index is 451. The molecular weight excluding hydrogens is 289 g/mol. The highest BCUT2D eigenvalue weighted by Crippen LogP contribution is 2.51. The van der Waals surface area contributed by atoms with Crippen molar-refractivity contribution in [3.05, 3.63) is 29.5 Å². The number of halogens is 3. The minimum Gasteiger partial charge on any atom is -0.595 e. The molecular formula is C8H10BF3NO5P. The minimum absolute atomic E-state index is 0.0391. The van der Waals surface area contributed by atoms with Gasteiger partial charge in [-0.2, -0.15) is 5.23 Å². The van der Waals surface area contributed by atoms with Crippen LogP contribution in [-0.2, 0) is 13.6 Å². The molecule has 1 aromatic carbocycles. The topological polar surface area (TPSA) is 83.3 Å². The lowest BCUT2D eigenvalue weighted by molar-refractivity contribution is -0.990. The molecule has 1 atom stereocenters. The van der Waals surface area contributed by atoms with Gasteiger partial charge in [0, 0.05) is 6.07 Å². The highest BCUT2D eigenvalue weighted by Gasteiger charge is 2.36. The van der Waals surface area contributed by atoms with Crippen molar-refractivity contribution < 1.29 is 37.0 Å². The summed E-state index contributed by atoms with van der Waals surface area (Å²) in [6.07, 6.45) is 0. The second-order valence-electron chi connectivity index (χ2n) is 3.23. The number of hydrogen-bond donors (Lipinski definition) is 2. The number of para-hydroxylation sites is 1. The molecule has 0 aliphatic carbocycles. The zero-order chi connectivity index (χ0) is 14.5. The van der Waals surface area contributed by atoms with Gasteiger partial charge in [-0.05, 0) is 6.07 Å². The Labute approximate surface area is 107 Å². The van der Waals surface area contributed by atoms with E-state index in [2.05, 4.69) is 0 Å². The summed E-state index contributed by atoms with van der Waals surface area (Å²) in [6, 6.07) is 6.00. The fraction of sp³-hybridized carbons (Fsp3) is 0.250. The molecule has 1 aliphatic heterocycles. The normalized spacial score (nSPS) is 18.4. The van der Waals surface area contributed by atoms with Gasteiger partial charge in [-0.3, -0.25) is 17.5 Å². The Morgan fingerprint density at radius 1 is 1.26 bits per heavy atom. The lowest BCUT2D eigenvalue weighted by Crippen LogP contribution is -3.00. The number of quaternary nitrogens is 1. The minimum atomic E-state index is -3.67. The quantitative estimate of drug-likeness (QED) is 0.480. The van der Waals surface area contributed by atoms with E-state index in [9.17, 15) is 22.7 Å². The molecule has 0 radical (unpaired) electrons. The average molecular weight is 299 g/mol. The van der Waals surface area contributed by atoms with Crippen LogP contribution in [0.4, 0.5) is 18.6 Å². The summed E-state index contributed by atoms with van der Waals surface area (Å²) in [7, 11) is -7.06. The SMILES string of the molecule is FB(F)F.O=P1(c2ccccc2[NH+]([O-])O)OCCO1. The van der Waals surface area contributed by atoms with E-state index in [-0.39, 0.29) is 24.2 Å². The fourth-order valence-corrected chi connectivity index (χ4v) is 3.10. The zero-order valence-corrected chi connectivity index (χ0v) is 10.4. The number of rotatable bonds is 2. The van der Waals surface area contributed by atoms with Crippen LogP contribution < -0.4 is 10.5 Å². The van der Waals surface area contributed by atoms with Crippen molar-refractivity contribution in [2.45, 2.75) is 0 Å². The van der Waals surface area contributed by atoms with Gasteiger partial charge in [-0.25, -0.2) is 5.21 Å². The highest BCUT2D eigenvalue weighted by atomic mass is 31.2. The summed E-state index contributed by atoms with van der Waals surface area (Å²) in [5, 5.41) is 18.8. The number of benzene rings is 1. The van der Waals surface area contributed by atoms with E-state index in [0.717, 1.165) is 0 Å². The van der Waals surface area contributed by atoms with Gasteiger partial charge < -0.3 is 14.3 Å². The molecule has 106 valence electrons. The summed E-state index contributed by atoms with van der Waals surface area (Å²) in [4.78, 5) is 0. The maximum Gasteiger partial charge on any atom is 0.762 e. The Balaban J connectivity index is 0.000000399. The van der Waals surface area contributed by atoms with E-state index in [1.54, 1.807) is 12.1 Å². The first-order valence-electron chi connectivity index (χ1n) is 5.01. The van der Waals surface area contributed by atoms with Gasteiger partial charge in [0.15, 0.2) is 5.69 Å². The van der Waals surface area contributed by atoms with E-state index >= 15 is 0 Å². The van der Waals surface area contributed by atoms with Gasteiger partial charge in [-0.15, -0.1) is 0 Å². The van der Waals surface area contributed by atoms with Crippen LogP contribution >= 0.6 is 7.60 Å². The molecule has 1 aliphatic rings. The van der Waals surface area contributed by atoms with Crippen molar-refractivity contribution in [2.24, 2.45) is 0 Å². The Morgan fingerprint density at radius 3 is 2.21 bits per heavy atom. The lowest BCUT2D eigenvalue weighted by Gasteiger charge is -2.17. The summed E-state index contributed by atoms with van der Waals surface area (Å²) in [5.41, 5.74) is -0.0391. The molecule has 2 N–H and O–H groups in total. The van der Waals surface area contributed by atoms with Crippen LogP contribution in [0, 0.1) is 5.21 Å². The molecule has 1 aromatic rings. The van der Waals surface area contributed by atoms with Crippen molar-refractivity contribution in [3.63, 3.8) is 0 Å². The molecule has 0 aromatic heterocycles. The van der Waals surface area contributed by atoms with Crippen molar-refractivity contribution in [1.29, 1.82) is 0 Å². The van der Waals surface area contributed by atoms with Gasteiger partial charge in [0.2, 0.25) is 0 Å². The molecule has 0 spiro atoms. The molecule has 1 unspecified atom stereocenters. The number of hydrogen-bond acceptors (Lipinski definition) is 5. The van der Waals surface area contributed by atoms with Crippen LogP contribution in [0.2, 0.25) is 0 Å². The standard InChI is InChI=1S/C8H10NO5P.BF3/c10-9(11)7-3-1-2-4-8(7)15(12)13-5-6-14-15;2-1(3)4/h1-4,9-10H,5-6H2;. The van der Waals surface area contributed by atoms with Crippen molar-refractivity contribution >= 4 is 26.1 Å². The molecule has 1 heterocycles. The van der Waals surface area contributed by atoms with Gasteiger partial charge in [0.25, 0.3) is 0 Å². The van der Waals surface area contributed by atoms with Crippen LogP contribution in [0.5, 0.6) is 0 Å². The van der Waals surface area contributed by atoms with E-state index in [0.29, 0.717) is 0 Å². The summed E-state index contributed by atoms with van der Waals surface area (Å²) < 4.78 is 51.0. The first kappa shape index (κ1) is 16.2. The van der Waals surface area contributed by atoms with Gasteiger partial charge in [0.05, 0.1) is 13.2 Å². The highest BCUT2D eigenvalue weighted by molar-refractivity contribution is 7.62. The fourth-order valence-electron chi connectivity index (χ4n) is 1.38. The second-order valence-corrected chi connectivity index (χ2v) is 5.23. The molecule has 1 fully saturated rings. The average Bonchev–Trinajstić information content (AvgIpc) is 2.77. The van der Waals surface area contributed by atoms with Crippen molar-refractivity contribution in [3.8, 4) is 0 Å². The van der Waals surface area contributed by atoms with Crippen LogP contribution in [0.1, 0.15) is 0 Å². The van der Waals surface area contributed by atoms with Crippen LogP contribution in [0.25, 0.3) is 0 Å². The predicted molar refractivity (Wildman–Crippen MR) is 60.4 cm³/mol. The van der Waals surface area contributed by atoms with Gasteiger partial charge in [0.1, 0.15) is 5.30 Å². The van der Waals surface area contributed by atoms with Crippen molar-refractivity contribution in [2.75, 3.05) is 13.2 Å². The van der Waals surface area contributed by atoms with Crippen molar-refractivity contribution in [1.82, 2.24) is 0 Å². The lowest BCUT2D eigenvalue weighted by atomic mass is 10.3. The molecule has 6 nitrogen and oxygen atoms in total. The molecule has 0 amide bonds. The third-order valence-electron chi connectivity index (χ3n) is 2.04. The Hall–Kier alpha value is -0.895. The van der Waals surface area contributed by atoms with Crippen LogP contribution in [0.15, 0.2) is 24.3 Å². The molecule has 2 rings (SSSR count). The number of nitrogens with one attached hydrogen (secondary N) is 1. The smallest absolute Gasteiger partial charge is 0.595 e. The zero-order valence-electron chi connectivity index (χ0n) is 9.46. The van der Waals surface area contributed by atoms with E-state index in [4.69, 9.17) is 14.3 Å². The van der Waals surface area contributed by atoms with Gasteiger partial charge >= 0.3 is 15.1 Å². The first-order valence-corrected chi connectivity index (χ1v) is 6.55. The third-order valence-corrected chi connectivity index (χ3v) is 4.06. The molecule has 0 saturated carbocycles. The molecule has 1 saturated heterocycles. The van der Waals surface area contributed by atoms with Crippen LogP contribution in [-0.4, -0.2) is 26.0 Å². The first-order chi connectivity index (χ1) is 8.87. The summed E-state index contributed by atoms with van der Waals surface area (Å²) >= 11 is 0.